The number of para-hydroxylation sites is 1. The minimum atomic E-state index is 0.446. The lowest BCUT2D eigenvalue weighted by Gasteiger charge is -1.97. The first-order valence-corrected chi connectivity index (χ1v) is 6.61. The van der Waals surface area contributed by atoms with Gasteiger partial charge in [-0.1, -0.05) is 29.5 Å². The van der Waals surface area contributed by atoms with Crippen molar-refractivity contribution in [2.45, 2.75) is 13.5 Å². The van der Waals surface area contributed by atoms with Gasteiger partial charge in [-0.25, -0.2) is 0 Å². The smallest absolute Gasteiger partial charge is 0.150 e. The van der Waals surface area contributed by atoms with E-state index in [0.29, 0.717) is 6.54 Å². The fourth-order valence-corrected chi connectivity index (χ4v) is 3.06. The molecule has 0 aliphatic heterocycles. The Morgan fingerprint density at radius 2 is 2.06 bits per heavy atom. The van der Waals surface area contributed by atoms with Gasteiger partial charge in [-0.2, -0.15) is 0 Å². The number of aryl methyl sites for hydroxylation is 1. The Morgan fingerprint density at radius 1 is 1.28 bits per heavy atom. The number of hydrogen-bond acceptors (Lipinski definition) is 4. The van der Waals surface area contributed by atoms with E-state index in [-0.39, 0.29) is 0 Å². The molecule has 0 amide bonds. The first-order chi connectivity index (χ1) is 8.72. The lowest BCUT2D eigenvalue weighted by Crippen LogP contribution is -1.94. The van der Waals surface area contributed by atoms with E-state index in [2.05, 4.69) is 53.0 Å². The lowest BCUT2D eigenvalue weighted by atomic mass is 10.1. The average molecular weight is 258 g/mol. The highest BCUT2D eigenvalue weighted by Gasteiger charge is 2.16. The summed E-state index contributed by atoms with van der Waals surface area (Å²) in [6.07, 6.45) is 0. The van der Waals surface area contributed by atoms with Gasteiger partial charge in [-0.3, -0.25) is 0 Å². The first kappa shape index (κ1) is 11.4. The lowest BCUT2D eigenvalue weighted by molar-refractivity contribution is 0.917. The van der Waals surface area contributed by atoms with E-state index in [1.54, 1.807) is 11.3 Å². The van der Waals surface area contributed by atoms with Gasteiger partial charge in [-0.15, -0.1) is 10.2 Å². The van der Waals surface area contributed by atoms with E-state index in [1.807, 2.05) is 0 Å². The number of fused-ring (bicyclic) bond motifs is 1. The second-order valence-electron chi connectivity index (χ2n) is 4.24. The van der Waals surface area contributed by atoms with E-state index in [1.165, 1.54) is 22.2 Å². The van der Waals surface area contributed by atoms with Gasteiger partial charge in [0, 0.05) is 35.8 Å². The fourth-order valence-electron chi connectivity index (χ4n) is 2.23. The monoisotopic (exact) mass is 258 g/mol. The molecule has 0 unspecified atom stereocenters. The molecular weight excluding hydrogens is 244 g/mol. The van der Waals surface area contributed by atoms with Crippen molar-refractivity contribution in [1.82, 2.24) is 14.8 Å². The number of nitrogens with two attached hydrogens (primary N) is 1. The van der Waals surface area contributed by atoms with Gasteiger partial charge in [0.2, 0.25) is 0 Å². The Balaban J connectivity index is 2.31. The standard InChI is InChI=1S/C13H14N4S/c1-8-12(13-16-15-11(7-14)18-13)9-5-3-4-6-10(9)17(8)2/h3-6H,7,14H2,1-2H3. The molecule has 0 saturated carbocycles. The van der Waals surface area contributed by atoms with Gasteiger partial charge in [0.15, 0.2) is 0 Å². The second-order valence-corrected chi connectivity index (χ2v) is 5.30. The Hall–Kier alpha value is -1.72. The third-order valence-corrected chi connectivity index (χ3v) is 4.22. The first-order valence-electron chi connectivity index (χ1n) is 5.79. The Morgan fingerprint density at radius 3 is 2.78 bits per heavy atom. The second kappa shape index (κ2) is 4.19. The van der Waals surface area contributed by atoms with Crippen molar-refractivity contribution in [3.05, 3.63) is 35.0 Å². The topological polar surface area (TPSA) is 56.7 Å². The van der Waals surface area contributed by atoms with Crippen LogP contribution in [0.5, 0.6) is 0 Å². The molecular formula is C13H14N4S. The van der Waals surface area contributed by atoms with Crippen LogP contribution in [0.1, 0.15) is 10.7 Å². The normalized spacial score (nSPS) is 11.3. The van der Waals surface area contributed by atoms with Crippen LogP contribution in [-0.4, -0.2) is 14.8 Å². The fraction of sp³-hybridized carbons (Fsp3) is 0.231. The Labute approximate surface area is 109 Å². The van der Waals surface area contributed by atoms with Crippen LogP contribution in [0, 0.1) is 6.92 Å². The number of rotatable bonds is 2. The minimum Gasteiger partial charge on any atom is -0.347 e. The van der Waals surface area contributed by atoms with Crippen LogP contribution in [0.15, 0.2) is 24.3 Å². The van der Waals surface area contributed by atoms with Gasteiger partial charge >= 0.3 is 0 Å². The highest BCUT2D eigenvalue weighted by Crippen LogP contribution is 2.35. The van der Waals surface area contributed by atoms with Crippen LogP contribution in [0.4, 0.5) is 0 Å². The molecule has 0 fully saturated rings. The molecule has 0 radical (unpaired) electrons. The van der Waals surface area contributed by atoms with Crippen molar-refractivity contribution in [2.24, 2.45) is 12.8 Å². The highest BCUT2D eigenvalue weighted by molar-refractivity contribution is 7.14. The summed E-state index contributed by atoms with van der Waals surface area (Å²) in [5.41, 5.74) is 9.19. The zero-order valence-corrected chi connectivity index (χ0v) is 11.2. The summed E-state index contributed by atoms with van der Waals surface area (Å²) in [6, 6.07) is 8.35. The van der Waals surface area contributed by atoms with Crippen molar-refractivity contribution in [1.29, 1.82) is 0 Å². The summed E-state index contributed by atoms with van der Waals surface area (Å²) in [5.74, 6) is 0. The van der Waals surface area contributed by atoms with E-state index in [4.69, 9.17) is 5.73 Å². The van der Waals surface area contributed by atoms with Crippen molar-refractivity contribution in [2.75, 3.05) is 0 Å². The molecule has 4 nitrogen and oxygen atoms in total. The summed E-state index contributed by atoms with van der Waals surface area (Å²) >= 11 is 1.57. The maximum absolute atomic E-state index is 5.60. The Bertz CT molecular complexity index is 711. The number of aromatic nitrogens is 3. The molecule has 0 spiro atoms. The average Bonchev–Trinajstić information content (AvgIpc) is 2.95. The summed E-state index contributed by atoms with van der Waals surface area (Å²) < 4.78 is 2.19. The van der Waals surface area contributed by atoms with Gasteiger partial charge in [-0.05, 0) is 13.0 Å². The van der Waals surface area contributed by atoms with Gasteiger partial charge in [0.25, 0.3) is 0 Å². The molecule has 3 aromatic rings. The summed E-state index contributed by atoms with van der Waals surface area (Å²) in [7, 11) is 2.08. The minimum absolute atomic E-state index is 0.446. The predicted molar refractivity (Wildman–Crippen MR) is 74.5 cm³/mol. The predicted octanol–water partition coefficient (Wildman–Crippen LogP) is 2.46. The van der Waals surface area contributed by atoms with Gasteiger partial charge < -0.3 is 10.3 Å². The zero-order valence-electron chi connectivity index (χ0n) is 10.3. The van der Waals surface area contributed by atoms with Crippen LogP contribution in [0.25, 0.3) is 21.5 Å². The Kier molecular flexibility index (Phi) is 2.65. The molecule has 0 saturated heterocycles. The van der Waals surface area contributed by atoms with Crippen molar-refractivity contribution < 1.29 is 0 Å². The van der Waals surface area contributed by atoms with Crippen LogP contribution in [-0.2, 0) is 13.6 Å². The van der Waals surface area contributed by atoms with E-state index >= 15 is 0 Å². The number of benzene rings is 1. The SMILES string of the molecule is Cc1c(-c2nnc(CN)s2)c2ccccc2n1C. The van der Waals surface area contributed by atoms with E-state index < -0.39 is 0 Å². The molecule has 0 bridgehead atoms. The van der Waals surface area contributed by atoms with E-state index in [9.17, 15) is 0 Å². The third-order valence-electron chi connectivity index (χ3n) is 3.25. The van der Waals surface area contributed by atoms with Crippen molar-refractivity contribution in [3.8, 4) is 10.6 Å². The molecule has 92 valence electrons. The summed E-state index contributed by atoms with van der Waals surface area (Å²) in [6.45, 7) is 2.56. The summed E-state index contributed by atoms with van der Waals surface area (Å²) in [4.78, 5) is 0. The highest BCUT2D eigenvalue weighted by atomic mass is 32.1. The molecule has 0 atom stereocenters. The van der Waals surface area contributed by atoms with Crippen LogP contribution >= 0.6 is 11.3 Å². The number of hydrogen-bond donors (Lipinski definition) is 1. The molecule has 2 heterocycles. The molecule has 2 N–H and O–H groups in total. The van der Waals surface area contributed by atoms with Crippen molar-refractivity contribution >= 4 is 22.2 Å². The van der Waals surface area contributed by atoms with Crippen LogP contribution in [0.2, 0.25) is 0 Å². The van der Waals surface area contributed by atoms with Crippen LogP contribution < -0.4 is 5.73 Å². The summed E-state index contributed by atoms with van der Waals surface area (Å²) in [5, 5.41) is 11.4. The molecule has 0 aliphatic carbocycles. The quantitative estimate of drug-likeness (QED) is 0.768. The molecule has 2 aromatic heterocycles. The molecule has 0 aliphatic rings. The largest absolute Gasteiger partial charge is 0.347 e. The molecule has 5 heteroatoms. The molecule has 18 heavy (non-hydrogen) atoms. The maximum Gasteiger partial charge on any atom is 0.150 e. The van der Waals surface area contributed by atoms with Crippen molar-refractivity contribution in [3.63, 3.8) is 0 Å². The number of nitrogens with zero attached hydrogens (tertiary/aromatic N) is 3. The van der Waals surface area contributed by atoms with Crippen LogP contribution in [0.3, 0.4) is 0 Å². The van der Waals surface area contributed by atoms with E-state index in [0.717, 1.165) is 10.0 Å². The maximum atomic E-state index is 5.60. The van der Waals surface area contributed by atoms with Gasteiger partial charge in [0.05, 0.1) is 0 Å². The van der Waals surface area contributed by atoms with Gasteiger partial charge in [0.1, 0.15) is 10.0 Å². The zero-order chi connectivity index (χ0) is 12.7. The third kappa shape index (κ3) is 1.55. The molecule has 3 rings (SSSR count). The molecule has 1 aromatic carbocycles.